The molecule has 0 bridgehead atoms. The Balaban J connectivity index is 1.52. The van der Waals surface area contributed by atoms with Gasteiger partial charge in [0, 0.05) is 33.8 Å². The van der Waals surface area contributed by atoms with Gasteiger partial charge in [-0.1, -0.05) is 88.7 Å². The van der Waals surface area contributed by atoms with E-state index >= 15 is 0 Å². The molecule has 2 atom stereocenters. The van der Waals surface area contributed by atoms with Gasteiger partial charge in [-0.2, -0.15) is 0 Å². The van der Waals surface area contributed by atoms with Crippen LogP contribution in [0.4, 0.5) is 0 Å². The second-order valence-corrected chi connectivity index (χ2v) is 9.96. The smallest absolute Gasteiger partial charge is 0.337 e. The lowest BCUT2D eigenvalue weighted by atomic mass is 9.72. The molecule has 0 radical (unpaired) electrons. The average molecular weight is 528 g/mol. The molecule has 0 spiro atoms. The van der Waals surface area contributed by atoms with Crippen LogP contribution in [0.3, 0.4) is 0 Å². The van der Waals surface area contributed by atoms with Gasteiger partial charge in [0.1, 0.15) is 6.61 Å². The average Bonchev–Trinajstić information content (AvgIpc) is 2.87. The Morgan fingerprint density at radius 2 is 1.63 bits per heavy atom. The maximum Gasteiger partial charge on any atom is 0.337 e. The van der Waals surface area contributed by atoms with E-state index in [-0.39, 0.29) is 18.3 Å². The highest BCUT2D eigenvalue weighted by atomic mass is 79.9. The summed E-state index contributed by atoms with van der Waals surface area (Å²) in [5.41, 5.74) is 5.76. The van der Waals surface area contributed by atoms with Gasteiger partial charge in [-0.25, -0.2) is 4.79 Å². The van der Waals surface area contributed by atoms with Gasteiger partial charge in [0.05, 0.1) is 5.57 Å². The highest BCUT2D eigenvalue weighted by molar-refractivity contribution is 9.10. The molecular weight excluding hydrogens is 502 g/mol. The third-order valence-corrected chi connectivity index (χ3v) is 7.21. The second-order valence-electron chi connectivity index (χ2n) is 9.04. The number of ether oxygens (including phenoxy) is 1. The molecule has 5 rings (SSSR count). The summed E-state index contributed by atoms with van der Waals surface area (Å²) in [5, 5.41) is 3.42. The summed E-state index contributed by atoms with van der Waals surface area (Å²) in [5.74, 6) is -0.708. The van der Waals surface area contributed by atoms with Gasteiger partial charge in [0.15, 0.2) is 5.78 Å². The molecule has 4 nitrogen and oxygen atoms in total. The molecule has 0 saturated carbocycles. The van der Waals surface area contributed by atoms with Crippen LogP contribution in [0.15, 0.2) is 112 Å². The van der Waals surface area contributed by atoms with Gasteiger partial charge >= 0.3 is 5.97 Å². The van der Waals surface area contributed by atoms with Crippen LogP contribution < -0.4 is 5.32 Å². The topological polar surface area (TPSA) is 55.4 Å². The minimum Gasteiger partial charge on any atom is -0.457 e. The number of carbonyl (C=O) groups is 2. The molecule has 1 aliphatic carbocycles. The molecule has 1 N–H and O–H groups in total. The van der Waals surface area contributed by atoms with E-state index in [1.165, 1.54) is 0 Å². The van der Waals surface area contributed by atoms with Crippen LogP contribution in [-0.4, -0.2) is 11.8 Å². The van der Waals surface area contributed by atoms with Crippen molar-refractivity contribution in [3.05, 3.63) is 129 Å². The number of Topliss-reactive ketones (excluding diaryl/α,β-unsaturated/α-hetero) is 1. The van der Waals surface area contributed by atoms with Crippen LogP contribution in [0.5, 0.6) is 0 Å². The van der Waals surface area contributed by atoms with Gasteiger partial charge in [-0.15, -0.1) is 0 Å². The Morgan fingerprint density at radius 3 is 2.34 bits per heavy atom. The summed E-state index contributed by atoms with van der Waals surface area (Å²) in [6.45, 7) is 2.07. The quantitative estimate of drug-likeness (QED) is 0.382. The van der Waals surface area contributed by atoms with Crippen molar-refractivity contribution < 1.29 is 14.3 Å². The number of carbonyl (C=O) groups excluding carboxylic acids is 2. The number of hydrogen-bond donors (Lipinski definition) is 1. The normalized spacial score (nSPS) is 19.8. The van der Waals surface area contributed by atoms with E-state index in [0.29, 0.717) is 17.6 Å². The fourth-order valence-corrected chi connectivity index (χ4v) is 5.51. The van der Waals surface area contributed by atoms with Crippen molar-refractivity contribution in [1.82, 2.24) is 5.32 Å². The molecule has 1 heterocycles. The zero-order chi connectivity index (χ0) is 24.4. The van der Waals surface area contributed by atoms with Gasteiger partial charge in [-0.3, -0.25) is 4.79 Å². The molecule has 0 saturated heterocycles. The number of halogens is 1. The summed E-state index contributed by atoms with van der Waals surface area (Å²) in [4.78, 5) is 27.1. The molecule has 35 heavy (non-hydrogen) atoms. The van der Waals surface area contributed by atoms with E-state index in [0.717, 1.165) is 39.0 Å². The van der Waals surface area contributed by atoms with E-state index in [9.17, 15) is 9.59 Å². The van der Waals surface area contributed by atoms with Crippen molar-refractivity contribution in [1.29, 1.82) is 0 Å². The first kappa shape index (κ1) is 23.3. The van der Waals surface area contributed by atoms with E-state index < -0.39 is 11.9 Å². The van der Waals surface area contributed by atoms with Crippen molar-refractivity contribution in [3.8, 4) is 0 Å². The van der Waals surface area contributed by atoms with Gasteiger partial charge in [-0.05, 0) is 48.1 Å². The molecule has 3 aromatic rings. The second kappa shape index (κ2) is 10.0. The van der Waals surface area contributed by atoms with Gasteiger partial charge < -0.3 is 10.1 Å². The molecule has 0 amide bonds. The van der Waals surface area contributed by atoms with Crippen molar-refractivity contribution in [3.63, 3.8) is 0 Å². The third kappa shape index (κ3) is 4.87. The zero-order valence-corrected chi connectivity index (χ0v) is 21.0. The molecule has 2 unspecified atom stereocenters. The first-order valence-corrected chi connectivity index (χ1v) is 12.6. The number of ketones is 1. The number of benzene rings is 3. The van der Waals surface area contributed by atoms with Crippen molar-refractivity contribution >= 4 is 27.7 Å². The standard InChI is InChI=1S/C30H26BrNO3/c1-19-27(30(34)35-18-20-9-4-2-5-10-20)28(22-13-8-14-24(31)15-22)29-25(32-19)16-23(17-26(29)33)21-11-6-3-7-12-21/h2-15,23,28,32H,16-18H2,1H3. The molecule has 5 heteroatoms. The largest absolute Gasteiger partial charge is 0.457 e. The van der Waals surface area contributed by atoms with E-state index in [1.54, 1.807) is 0 Å². The van der Waals surface area contributed by atoms with Crippen molar-refractivity contribution in [2.75, 3.05) is 0 Å². The van der Waals surface area contributed by atoms with Crippen LogP contribution >= 0.6 is 15.9 Å². The highest BCUT2D eigenvalue weighted by Gasteiger charge is 2.41. The lowest BCUT2D eigenvalue weighted by molar-refractivity contribution is -0.140. The number of hydrogen-bond acceptors (Lipinski definition) is 4. The SMILES string of the molecule is CC1=C(C(=O)OCc2ccccc2)C(c2cccc(Br)c2)C2=C(CC(c3ccccc3)CC2=O)N1. The molecule has 176 valence electrons. The molecule has 0 fully saturated rings. The lowest BCUT2D eigenvalue weighted by Gasteiger charge is -2.36. The van der Waals surface area contributed by atoms with Crippen LogP contribution in [-0.2, 0) is 20.9 Å². The number of dihydropyridines is 1. The van der Waals surface area contributed by atoms with Crippen molar-refractivity contribution in [2.24, 2.45) is 0 Å². The van der Waals surface area contributed by atoms with Crippen LogP contribution in [0, 0.1) is 0 Å². The minimum absolute atomic E-state index is 0.0680. The van der Waals surface area contributed by atoms with Gasteiger partial charge in [0.25, 0.3) is 0 Å². The minimum atomic E-state index is -0.476. The van der Waals surface area contributed by atoms with Gasteiger partial charge in [0.2, 0.25) is 0 Å². The first-order valence-electron chi connectivity index (χ1n) is 11.8. The molecular formula is C30H26BrNO3. The fourth-order valence-electron chi connectivity index (χ4n) is 5.09. The number of rotatable bonds is 5. The Bertz CT molecular complexity index is 1330. The lowest BCUT2D eigenvalue weighted by Crippen LogP contribution is -2.36. The summed E-state index contributed by atoms with van der Waals surface area (Å²) in [7, 11) is 0. The molecule has 3 aromatic carbocycles. The van der Waals surface area contributed by atoms with Crippen LogP contribution in [0.2, 0.25) is 0 Å². The third-order valence-electron chi connectivity index (χ3n) is 6.71. The summed E-state index contributed by atoms with van der Waals surface area (Å²) >= 11 is 3.56. The fraction of sp³-hybridized carbons (Fsp3) is 0.200. The summed E-state index contributed by atoms with van der Waals surface area (Å²) < 4.78 is 6.64. The zero-order valence-electron chi connectivity index (χ0n) is 19.5. The Labute approximate surface area is 213 Å². The van der Waals surface area contributed by atoms with Crippen LogP contribution in [0.1, 0.15) is 48.3 Å². The Morgan fingerprint density at radius 1 is 0.943 bits per heavy atom. The monoisotopic (exact) mass is 527 g/mol. The van der Waals surface area contributed by atoms with E-state index in [1.807, 2.05) is 79.7 Å². The number of esters is 1. The Hall–Kier alpha value is -3.44. The predicted molar refractivity (Wildman–Crippen MR) is 139 cm³/mol. The first-order chi connectivity index (χ1) is 17.0. The highest BCUT2D eigenvalue weighted by Crippen LogP contribution is 2.46. The van der Waals surface area contributed by atoms with Crippen molar-refractivity contribution in [2.45, 2.75) is 38.2 Å². The number of nitrogens with one attached hydrogen (secondary N) is 1. The maximum absolute atomic E-state index is 13.7. The van der Waals surface area contributed by atoms with E-state index in [4.69, 9.17) is 4.74 Å². The molecule has 0 aromatic heterocycles. The Kier molecular flexibility index (Phi) is 6.69. The van der Waals surface area contributed by atoms with E-state index in [2.05, 4.69) is 33.4 Å². The maximum atomic E-state index is 13.7. The summed E-state index contributed by atoms with van der Waals surface area (Å²) in [6.07, 6.45) is 1.14. The number of allylic oxidation sites excluding steroid dienone is 3. The molecule has 1 aliphatic heterocycles. The summed E-state index contributed by atoms with van der Waals surface area (Å²) in [6, 6.07) is 27.6. The van der Waals surface area contributed by atoms with Crippen LogP contribution in [0.25, 0.3) is 0 Å². The molecule has 2 aliphatic rings. The predicted octanol–water partition coefficient (Wildman–Crippen LogP) is 6.55.